The molecule has 4 rings (SSSR count). The number of phenolic OH excluding ortho intramolecular Hbond substituents is 1. The number of fused-ring (bicyclic) bond motifs is 1. The number of alkyl halides is 3. The number of nitrogens with zero attached hydrogens (tertiary/aromatic N) is 1. The summed E-state index contributed by atoms with van der Waals surface area (Å²) in [4.78, 5) is 15.3. The van der Waals surface area contributed by atoms with Crippen LogP contribution in [-0.4, -0.2) is 30.2 Å². The Labute approximate surface area is 183 Å². The van der Waals surface area contributed by atoms with E-state index in [9.17, 15) is 23.1 Å². The molecule has 170 valence electrons. The van der Waals surface area contributed by atoms with E-state index < -0.39 is 22.9 Å². The number of rotatable bonds is 4. The van der Waals surface area contributed by atoms with E-state index in [1.807, 2.05) is 0 Å². The summed E-state index contributed by atoms with van der Waals surface area (Å²) >= 11 is 0. The molecule has 2 heterocycles. The molecule has 2 aromatic carbocycles. The lowest BCUT2D eigenvalue weighted by atomic mass is 9.97. The van der Waals surface area contributed by atoms with E-state index in [0.29, 0.717) is 11.7 Å². The van der Waals surface area contributed by atoms with Crippen molar-refractivity contribution in [2.75, 3.05) is 20.2 Å². The van der Waals surface area contributed by atoms with Crippen molar-refractivity contribution in [2.24, 2.45) is 5.92 Å². The van der Waals surface area contributed by atoms with Crippen LogP contribution in [0, 0.1) is 5.92 Å². The lowest BCUT2D eigenvalue weighted by Crippen LogP contribution is -2.32. The van der Waals surface area contributed by atoms with Crippen LogP contribution in [0.4, 0.5) is 13.2 Å². The fourth-order valence-electron chi connectivity index (χ4n) is 4.12. The molecule has 0 spiro atoms. The van der Waals surface area contributed by atoms with Gasteiger partial charge in [-0.3, -0.25) is 9.69 Å². The van der Waals surface area contributed by atoms with Crippen LogP contribution in [0.25, 0.3) is 22.1 Å². The molecule has 1 saturated heterocycles. The largest absolute Gasteiger partial charge is 0.507 e. The molecular weight excluding hydrogens is 423 g/mol. The van der Waals surface area contributed by atoms with Gasteiger partial charge in [-0.25, -0.2) is 0 Å². The molecule has 3 aromatic rings. The predicted octanol–water partition coefficient (Wildman–Crippen LogP) is 5.42. The summed E-state index contributed by atoms with van der Waals surface area (Å²) in [7, 11) is 1.44. The second-order valence-corrected chi connectivity index (χ2v) is 8.26. The van der Waals surface area contributed by atoms with E-state index in [2.05, 4.69) is 11.8 Å². The molecule has 0 atom stereocenters. The van der Waals surface area contributed by atoms with E-state index in [1.54, 1.807) is 0 Å². The Kier molecular flexibility index (Phi) is 5.90. The summed E-state index contributed by atoms with van der Waals surface area (Å²) in [6.45, 7) is 3.88. The fourth-order valence-corrected chi connectivity index (χ4v) is 4.12. The van der Waals surface area contributed by atoms with Gasteiger partial charge in [0.25, 0.3) is 0 Å². The molecule has 1 aliphatic rings. The van der Waals surface area contributed by atoms with Crippen LogP contribution in [0.5, 0.6) is 11.5 Å². The lowest BCUT2D eigenvalue weighted by molar-refractivity contribution is -0.152. The minimum atomic E-state index is -4.90. The van der Waals surface area contributed by atoms with Gasteiger partial charge in [-0.05, 0) is 61.7 Å². The SMILES string of the molecule is COc1ccc(-c2c(C(F)(F)F)oc3c(CN4CCC(C)CC4)c(O)ccc3c2=O)cc1. The molecule has 0 bridgehead atoms. The normalized spacial score (nSPS) is 15.9. The number of aromatic hydroxyl groups is 1. The number of hydrogen-bond acceptors (Lipinski definition) is 5. The fraction of sp³-hybridized carbons (Fsp3) is 0.375. The molecule has 0 amide bonds. The van der Waals surface area contributed by atoms with Gasteiger partial charge in [0.1, 0.15) is 17.1 Å². The summed E-state index contributed by atoms with van der Waals surface area (Å²) in [5, 5.41) is 10.4. The zero-order valence-electron chi connectivity index (χ0n) is 17.8. The molecule has 1 fully saturated rings. The van der Waals surface area contributed by atoms with E-state index in [1.165, 1.54) is 43.5 Å². The molecule has 1 aliphatic heterocycles. The first kappa shape index (κ1) is 22.2. The molecule has 0 unspecified atom stereocenters. The van der Waals surface area contributed by atoms with E-state index in [4.69, 9.17) is 9.15 Å². The van der Waals surface area contributed by atoms with Gasteiger partial charge in [0, 0.05) is 6.54 Å². The van der Waals surface area contributed by atoms with Crippen molar-refractivity contribution in [3.63, 3.8) is 0 Å². The van der Waals surface area contributed by atoms with Crippen LogP contribution >= 0.6 is 0 Å². The second-order valence-electron chi connectivity index (χ2n) is 8.26. The maximum absolute atomic E-state index is 14.0. The third kappa shape index (κ3) is 4.19. The van der Waals surface area contributed by atoms with Crippen molar-refractivity contribution < 1.29 is 27.4 Å². The van der Waals surface area contributed by atoms with Crippen molar-refractivity contribution in [3.8, 4) is 22.6 Å². The molecule has 32 heavy (non-hydrogen) atoms. The quantitative estimate of drug-likeness (QED) is 0.578. The Morgan fingerprint density at radius 1 is 1.12 bits per heavy atom. The highest BCUT2D eigenvalue weighted by molar-refractivity contribution is 5.86. The van der Waals surface area contributed by atoms with Crippen LogP contribution < -0.4 is 10.2 Å². The van der Waals surface area contributed by atoms with Gasteiger partial charge in [-0.2, -0.15) is 13.2 Å². The Hall–Kier alpha value is -3.00. The molecule has 0 saturated carbocycles. The highest BCUT2D eigenvalue weighted by Crippen LogP contribution is 2.39. The van der Waals surface area contributed by atoms with Crippen LogP contribution in [0.3, 0.4) is 0 Å². The minimum absolute atomic E-state index is 0.00185. The molecule has 0 radical (unpaired) electrons. The van der Waals surface area contributed by atoms with Crippen molar-refractivity contribution in [3.05, 3.63) is 57.9 Å². The summed E-state index contributed by atoms with van der Waals surface area (Å²) < 4.78 is 52.4. The average molecular weight is 447 g/mol. The second kappa shape index (κ2) is 8.50. The van der Waals surface area contributed by atoms with Gasteiger partial charge in [0.2, 0.25) is 11.2 Å². The third-order valence-corrected chi connectivity index (χ3v) is 6.03. The topological polar surface area (TPSA) is 62.9 Å². The Morgan fingerprint density at radius 2 is 1.78 bits per heavy atom. The molecular formula is C24H24F3NO4. The van der Waals surface area contributed by atoms with Gasteiger partial charge < -0.3 is 14.3 Å². The monoisotopic (exact) mass is 447 g/mol. The zero-order chi connectivity index (χ0) is 23.0. The first-order valence-electron chi connectivity index (χ1n) is 10.4. The summed E-state index contributed by atoms with van der Waals surface area (Å²) in [6, 6.07) is 8.40. The molecule has 1 aromatic heterocycles. The highest BCUT2D eigenvalue weighted by atomic mass is 19.4. The van der Waals surface area contributed by atoms with Crippen molar-refractivity contribution in [2.45, 2.75) is 32.5 Å². The minimum Gasteiger partial charge on any atom is -0.507 e. The van der Waals surface area contributed by atoms with Crippen molar-refractivity contribution in [1.82, 2.24) is 4.90 Å². The molecule has 8 heteroatoms. The number of phenols is 1. The first-order chi connectivity index (χ1) is 15.2. The summed E-state index contributed by atoms with van der Waals surface area (Å²) in [6.07, 6.45) is -2.97. The first-order valence-corrected chi connectivity index (χ1v) is 10.4. The molecule has 0 aliphatic carbocycles. The average Bonchev–Trinajstić information content (AvgIpc) is 2.76. The lowest BCUT2D eigenvalue weighted by Gasteiger charge is -2.30. The maximum Gasteiger partial charge on any atom is 0.450 e. The Morgan fingerprint density at radius 3 is 2.38 bits per heavy atom. The van der Waals surface area contributed by atoms with Crippen LogP contribution in [-0.2, 0) is 12.7 Å². The van der Waals surface area contributed by atoms with E-state index >= 15 is 0 Å². The molecule has 1 N–H and O–H groups in total. The van der Waals surface area contributed by atoms with Gasteiger partial charge in [0.05, 0.1) is 23.6 Å². The highest BCUT2D eigenvalue weighted by Gasteiger charge is 2.40. The van der Waals surface area contributed by atoms with Crippen molar-refractivity contribution >= 4 is 11.0 Å². The number of halogens is 3. The Bertz CT molecular complexity index is 1180. The predicted molar refractivity (Wildman–Crippen MR) is 115 cm³/mol. The maximum atomic E-state index is 14.0. The van der Waals surface area contributed by atoms with E-state index in [0.717, 1.165) is 25.9 Å². The number of piperidine rings is 1. The van der Waals surface area contributed by atoms with Gasteiger partial charge in [-0.1, -0.05) is 19.1 Å². The summed E-state index contributed by atoms with van der Waals surface area (Å²) in [5.74, 6) is -0.534. The number of likely N-dealkylation sites (tertiary alicyclic amines) is 1. The van der Waals surface area contributed by atoms with Gasteiger partial charge >= 0.3 is 6.18 Å². The van der Waals surface area contributed by atoms with Crippen LogP contribution in [0.2, 0.25) is 0 Å². The smallest absolute Gasteiger partial charge is 0.450 e. The van der Waals surface area contributed by atoms with Crippen molar-refractivity contribution in [1.29, 1.82) is 0 Å². The van der Waals surface area contributed by atoms with Crippen LogP contribution in [0.1, 0.15) is 31.1 Å². The van der Waals surface area contributed by atoms with Gasteiger partial charge in [0.15, 0.2) is 0 Å². The number of methoxy groups -OCH3 is 1. The number of ether oxygens (including phenoxy) is 1. The molecule has 5 nitrogen and oxygen atoms in total. The summed E-state index contributed by atoms with van der Waals surface area (Å²) in [5.41, 5.74) is -1.30. The van der Waals surface area contributed by atoms with Crippen LogP contribution in [0.15, 0.2) is 45.6 Å². The third-order valence-electron chi connectivity index (χ3n) is 6.03. The van der Waals surface area contributed by atoms with Gasteiger partial charge in [-0.15, -0.1) is 0 Å². The Balaban J connectivity index is 1.90. The standard InChI is InChI=1S/C24H24F3NO4/c1-14-9-11-28(12-10-14)13-18-19(29)8-7-17-21(30)20(15-3-5-16(31-2)6-4-15)23(24(25,26)27)32-22(17)18/h3-8,14,29H,9-13H2,1-2H3. The van der Waals surface area contributed by atoms with E-state index in [-0.39, 0.29) is 34.4 Å². The zero-order valence-corrected chi connectivity index (χ0v) is 17.8. The number of hydrogen-bond donors (Lipinski definition) is 1. The number of benzene rings is 2.